The first-order chi connectivity index (χ1) is 9.72. The number of carboxylic acids is 1. The summed E-state index contributed by atoms with van der Waals surface area (Å²) in [6.07, 6.45) is 1.56. The van der Waals surface area contributed by atoms with Gasteiger partial charge in [-0.1, -0.05) is 24.3 Å². The number of nitrogens with zero attached hydrogens (tertiary/aromatic N) is 1. The zero-order chi connectivity index (χ0) is 14.4. The number of nitriles is 1. The van der Waals surface area contributed by atoms with Crippen LogP contribution in [0.2, 0.25) is 0 Å². The monoisotopic (exact) mass is 285 g/mol. The van der Waals surface area contributed by atoms with Gasteiger partial charge in [0.25, 0.3) is 0 Å². The Bertz CT molecular complexity index is 669. The number of aliphatic carboxylic acids is 1. The summed E-state index contributed by atoms with van der Waals surface area (Å²) in [7, 11) is 0. The molecule has 0 saturated carbocycles. The number of para-hydroxylation sites is 1. The predicted molar refractivity (Wildman–Crippen MR) is 77.4 cm³/mol. The lowest BCUT2D eigenvalue weighted by atomic mass is 10.1. The van der Waals surface area contributed by atoms with Crippen LogP contribution < -0.4 is 4.74 Å². The summed E-state index contributed by atoms with van der Waals surface area (Å²) in [5, 5.41) is 19.7. The molecule has 20 heavy (non-hydrogen) atoms. The maximum Gasteiger partial charge on any atom is 0.337 e. The summed E-state index contributed by atoms with van der Waals surface area (Å²) in [6, 6.07) is 12.5. The van der Waals surface area contributed by atoms with E-state index in [4.69, 9.17) is 10.00 Å². The van der Waals surface area contributed by atoms with Gasteiger partial charge in [-0.2, -0.15) is 5.26 Å². The third kappa shape index (κ3) is 3.25. The zero-order valence-electron chi connectivity index (χ0n) is 10.4. The maximum atomic E-state index is 11.4. The molecule has 1 aromatic carbocycles. The maximum absolute atomic E-state index is 11.4. The quantitative estimate of drug-likeness (QED) is 0.856. The number of rotatable bonds is 5. The van der Waals surface area contributed by atoms with Crippen molar-refractivity contribution >= 4 is 29.0 Å². The summed E-state index contributed by atoms with van der Waals surface area (Å²) < 4.78 is 5.29. The minimum Gasteiger partial charge on any atom is -0.478 e. The van der Waals surface area contributed by atoms with Gasteiger partial charge in [0, 0.05) is 10.4 Å². The Kier molecular flexibility index (Phi) is 4.53. The number of benzene rings is 1. The van der Waals surface area contributed by atoms with Gasteiger partial charge in [-0.3, -0.25) is 0 Å². The van der Waals surface area contributed by atoms with E-state index in [2.05, 4.69) is 0 Å². The number of ether oxygens (including phenoxy) is 1. The molecule has 0 saturated heterocycles. The zero-order valence-corrected chi connectivity index (χ0v) is 11.3. The van der Waals surface area contributed by atoms with Crippen molar-refractivity contribution in [2.24, 2.45) is 0 Å². The SMILES string of the molecule is N#CCOc1ccccc1/C=C(\C(=O)O)c1cccs1. The average molecular weight is 285 g/mol. The van der Waals surface area contributed by atoms with Crippen LogP contribution in [0.15, 0.2) is 41.8 Å². The van der Waals surface area contributed by atoms with E-state index in [-0.39, 0.29) is 12.2 Å². The second kappa shape index (κ2) is 6.55. The van der Waals surface area contributed by atoms with Gasteiger partial charge in [-0.25, -0.2) is 4.79 Å². The highest BCUT2D eigenvalue weighted by Crippen LogP contribution is 2.27. The Morgan fingerprint density at radius 2 is 2.15 bits per heavy atom. The highest BCUT2D eigenvalue weighted by atomic mass is 32.1. The standard InChI is InChI=1S/C15H11NO3S/c16-7-8-19-13-5-2-1-4-11(13)10-12(15(17)18)14-6-3-9-20-14/h1-6,9-10H,8H2,(H,17,18)/b12-10-. The van der Waals surface area contributed by atoms with Crippen LogP contribution in [0.4, 0.5) is 0 Å². The minimum atomic E-state index is -0.998. The fourth-order valence-electron chi connectivity index (χ4n) is 1.67. The molecular weight excluding hydrogens is 274 g/mol. The van der Waals surface area contributed by atoms with Gasteiger partial charge >= 0.3 is 5.97 Å². The molecule has 2 rings (SSSR count). The summed E-state index contributed by atoms with van der Waals surface area (Å²) >= 11 is 1.36. The first-order valence-electron chi connectivity index (χ1n) is 5.80. The molecule has 0 atom stereocenters. The van der Waals surface area contributed by atoms with E-state index in [0.717, 1.165) is 0 Å². The summed E-state index contributed by atoms with van der Waals surface area (Å²) in [5.41, 5.74) is 0.835. The molecule has 1 aromatic heterocycles. The predicted octanol–water partition coefficient (Wildman–Crippen LogP) is 3.28. The van der Waals surface area contributed by atoms with Crippen LogP contribution in [-0.4, -0.2) is 17.7 Å². The Labute approximate surface area is 120 Å². The van der Waals surface area contributed by atoms with Crippen molar-refractivity contribution < 1.29 is 14.6 Å². The lowest BCUT2D eigenvalue weighted by Crippen LogP contribution is -1.99. The molecule has 0 bridgehead atoms. The Morgan fingerprint density at radius 1 is 1.35 bits per heavy atom. The number of hydrogen-bond donors (Lipinski definition) is 1. The van der Waals surface area contributed by atoms with Crippen LogP contribution in [0, 0.1) is 11.3 Å². The van der Waals surface area contributed by atoms with Crippen LogP contribution in [0.5, 0.6) is 5.75 Å². The van der Waals surface area contributed by atoms with E-state index >= 15 is 0 Å². The Morgan fingerprint density at radius 3 is 2.80 bits per heavy atom. The van der Waals surface area contributed by atoms with Crippen LogP contribution in [0.3, 0.4) is 0 Å². The van der Waals surface area contributed by atoms with Gasteiger partial charge in [-0.05, 0) is 23.6 Å². The minimum absolute atomic E-state index is 0.0771. The number of carboxylic acid groups (broad SMARTS) is 1. The van der Waals surface area contributed by atoms with Crippen molar-refractivity contribution in [3.05, 3.63) is 52.2 Å². The van der Waals surface area contributed by atoms with Crippen molar-refractivity contribution in [1.82, 2.24) is 0 Å². The van der Waals surface area contributed by atoms with Crippen molar-refractivity contribution in [2.75, 3.05) is 6.61 Å². The van der Waals surface area contributed by atoms with Crippen molar-refractivity contribution in [1.29, 1.82) is 5.26 Å². The number of hydrogen-bond acceptors (Lipinski definition) is 4. The molecule has 4 nitrogen and oxygen atoms in total. The summed E-state index contributed by atoms with van der Waals surface area (Å²) in [5.74, 6) is -0.508. The smallest absolute Gasteiger partial charge is 0.337 e. The molecule has 0 unspecified atom stereocenters. The molecule has 2 aromatic rings. The fraction of sp³-hybridized carbons (Fsp3) is 0.0667. The second-order valence-electron chi connectivity index (χ2n) is 3.83. The largest absolute Gasteiger partial charge is 0.478 e. The van der Waals surface area contributed by atoms with Gasteiger partial charge in [0.15, 0.2) is 6.61 Å². The van der Waals surface area contributed by atoms with E-state index in [9.17, 15) is 9.90 Å². The van der Waals surface area contributed by atoms with E-state index in [0.29, 0.717) is 16.2 Å². The molecule has 0 amide bonds. The Balaban J connectivity index is 2.42. The molecular formula is C15H11NO3S. The van der Waals surface area contributed by atoms with Crippen LogP contribution in [0.25, 0.3) is 11.6 Å². The topological polar surface area (TPSA) is 70.3 Å². The van der Waals surface area contributed by atoms with E-state index in [1.165, 1.54) is 11.3 Å². The van der Waals surface area contributed by atoms with Gasteiger partial charge < -0.3 is 9.84 Å². The van der Waals surface area contributed by atoms with Crippen molar-refractivity contribution in [3.63, 3.8) is 0 Å². The lowest BCUT2D eigenvalue weighted by molar-refractivity contribution is -0.130. The molecule has 5 heteroatoms. The molecule has 0 aliphatic heterocycles. The molecule has 0 aliphatic rings. The highest BCUT2D eigenvalue weighted by molar-refractivity contribution is 7.11. The molecule has 0 radical (unpaired) electrons. The van der Waals surface area contributed by atoms with Crippen molar-refractivity contribution in [2.45, 2.75) is 0 Å². The average Bonchev–Trinajstić information content (AvgIpc) is 2.97. The van der Waals surface area contributed by atoms with Crippen LogP contribution >= 0.6 is 11.3 Å². The second-order valence-corrected chi connectivity index (χ2v) is 4.77. The van der Waals surface area contributed by atoms with Gasteiger partial charge in [0.2, 0.25) is 0 Å². The normalized spacial score (nSPS) is 10.8. The Hall–Kier alpha value is -2.58. The molecule has 1 N–H and O–H groups in total. The number of thiophene rings is 1. The van der Waals surface area contributed by atoms with E-state index in [1.54, 1.807) is 42.5 Å². The van der Waals surface area contributed by atoms with Crippen LogP contribution in [0.1, 0.15) is 10.4 Å². The molecule has 0 spiro atoms. The third-order valence-electron chi connectivity index (χ3n) is 2.53. The van der Waals surface area contributed by atoms with E-state index < -0.39 is 5.97 Å². The molecule has 0 fully saturated rings. The van der Waals surface area contributed by atoms with E-state index in [1.807, 2.05) is 11.4 Å². The highest BCUT2D eigenvalue weighted by Gasteiger charge is 2.12. The molecule has 0 aliphatic carbocycles. The summed E-state index contributed by atoms with van der Waals surface area (Å²) in [4.78, 5) is 12.0. The van der Waals surface area contributed by atoms with Gasteiger partial charge in [0.05, 0.1) is 5.57 Å². The number of carbonyl (C=O) groups is 1. The third-order valence-corrected chi connectivity index (χ3v) is 3.43. The lowest BCUT2D eigenvalue weighted by Gasteiger charge is -2.06. The van der Waals surface area contributed by atoms with Crippen molar-refractivity contribution in [3.8, 4) is 11.8 Å². The van der Waals surface area contributed by atoms with Crippen LogP contribution in [-0.2, 0) is 4.79 Å². The molecule has 1 heterocycles. The summed E-state index contributed by atoms with van der Waals surface area (Å²) in [6.45, 7) is -0.0771. The van der Waals surface area contributed by atoms with Gasteiger partial charge in [0.1, 0.15) is 11.8 Å². The fourth-order valence-corrected chi connectivity index (χ4v) is 2.40. The first kappa shape index (κ1) is 13.8. The first-order valence-corrected chi connectivity index (χ1v) is 6.68. The molecule has 100 valence electrons. The van der Waals surface area contributed by atoms with Gasteiger partial charge in [-0.15, -0.1) is 11.3 Å².